The second-order valence-corrected chi connectivity index (χ2v) is 8.32. The van der Waals surface area contributed by atoms with Crippen molar-refractivity contribution in [2.75, 3.05) is 12.4 Å². The number of hydrogen-bond donors (Lipinski definition) is 1. The predicted octanol–water partition coefficient (Wildman–Crippen LogP) is 4.58. The number of benzene rings is 2. The largest absolute Gasteiger partial charge is 0.497 e. The molecule has 1 aliphatic rings. The quantitative estimate of drug-likeness (QED) is 0.543. The lowest BCUT2D eigenvalue weighted by molar-refractivity contribution is -0.116. The molecular formula is C22H20N4O2S. The lowest BCUT2D eigenvalue weighted by Crippen LogP contribution is -2.24. The van der Waals surface area contributed by atoms with Crippen molar-refractivity contribution in [3.05, 3.63) is 64.8 Å². The van der Waals surface area contributed by atoms with Crippen LogP contribution in [0, 0.1) is 13.8 Å². The van der Waals surface area contributed by atoms with Gasteiger partial charge in [-0.3, -0.25) is 4.79 Å². The number of carbonyl (C=O) groups is 1. The molecule has 1 atom stereocenters. The van der Waals surface area contributed by atoms with E-state index in [-0.39, 0.29) is 11.8 Å². The number of rotatable bonds is 3. The number of fused-ring (bicyclic) bond motifs is 2. The van der Waals surface area contributed by atoms with Crippen LogP contribution in [0.15, 0.2) is 42.5 Å². The van der Waals surface area contributed by atoms with Gasteiger partial charge in [-0.05, 0) is 49.2 Å². The highest BCUT2D eigenvalue weighted by molar-refractivity contribution is 7.20. The van der Waals surface area contributed by atoms with Crippen molar-refractivity contribution in [2.24, 2.45) is 0 Å². The average molecular weight is 404 g/mol. The van der Waals surface area contributed by atoms with Crippen molar-refractivity contribution in [1.29, 1.82) is 0 Å². The Labute approximate surface area is 172 Å². The maximum atomic E-state index is 12.6. The lowest BCUT2D eigenvalue weighted by atomic mass is 9.86. The smallest absolute Gasteiger partial charge is 0.226 e. The van der Waals surface area contributed by atoms with Crippen molar-refractivity contribution in [2.45, 2.75) is 26.2 Å². The number of carbonyl (C=O) groups excluding carboxylic acids is 1. The van der Waals surface area contributed by atoms with Crippen LogP contribution in [-0.2, 0) is 4.79 Å². The summed E-state index contributed by atoms with van der Waals surface area (Å²) in [6, 6.07) is 14.1. The molecule has 2 aromatic carbocycles. The number of amides is 1. The number of aromatic nitrogens is 3. The first kappa shape index (κ1) is 17.9. The molecule has 0 aliphatic carbocycles. The van der Waals surface area contributed by atoms with Crippen molar-refractivity contribution in [1.82, 2.24) is 14.8 Å². The molecule has 1 unspecified atom stereocenters. The van der Waals surface area contributed by atoms with Crippen LogP contribution in [-0.4, -0.2) is 27.8 Å². The summed E-state index contributed by atoms with van der Waals surface area (Å²) in [6.45, 7) is 4.05. The zero-order chi connectivity index (χ0) is 20.1. The van der Waals surface area contributed by atoms with Gasteiger partial charge in [-0.15, -0.1) is 0 Å². The van der Waals surface area contributed by atoms with Crippen LogP contribution in [0.5, 0.6) is 5.75 Å². The molecule has 0 saturated carbocycles. The summed E-state index contributed by atoms with van der Waals surface area (Å²) in [5.41, 5.74) is 5.10. The molecule has 0 saturated heterocycles. The lowest BCUT2D eigenvalue weighted by Gasteiger charge is -2.24. The van der Waals surface area contributed by atoms with Crippen LogP contribution in [0.1, 0.15) is 34.7 Å². The van der Waals surface area contributed by atoms with E-state index in [0.717, 1.165) is 37.9 Å². The van der Waals surface area contributed by atoms with Gasteiger partial charge < -0.3 is 10.1 Å². The summed E-state index contributed by atoms with van der Waals surface area (Å²) in [4.78, 5) is 17.3. The molecule has 2 aromatic heterocycles. The zero-order valence-corrected chi connectivity index (χ0v) is 17.2. The van der Waals surface area contributed by atoms with Gasteiger partial charge in [-0.1, -0.05) is 29.5 Å². The number of ether oxygens (including phenoxy) is 1. The van der Waals surface area contributed by atoms with Gasteiger partial charge in [-0.2, -0.15) is 9.78 Å². The zero-order valence-electron chi connectivity index (χ0n) is 16.4. The fourth-order valence-electron chi connectivity index (χ4n) is 3.94. The Morgan fingerprint density at radius 1 is 1.21 bits per heavy atom. The number of hydrogen-bond acceptors (Lipinski definition) is 5. The third-order valence-electron chi connectivity index (χ3n) is 5.31. The summed E-state index contributed by atoms with van der Waals surface area (Å²) in [7, 11) is 1.65. The summed E-state index contributed by atoms with van der Waals surface area (Å²) >= 11 is 1.57. The van der Waals surface area contributed by atoms with Gasteiger partial charge in [0.05, 0.1) is 23.0 Å². The first-order valence-corrected chi connectivity index (χ1v) is 10.3. The molecule has 4 aromatic rings. The highest BCUT2D eigenvalue weighted by Gasteiger charge is 2.33. The van der Waals surface area contributed by atoms with E-state index in [0.29, 0.717) is 12.2 Å². The van der Waals surface area contributed by atoms with E-state index in [1.807, 2.05) is 37.3 Å². The normalized spacial score (nSPS) is 16.0. The molecule has 5 rings (SSSR count). The fourth-order valence-corrected chi connectivity index (χ4v) is 4.96. The molecule has 0 fully saturated rings. The Morgan fingerprint density at radius 3 is 2.90 bits per heavy atom. The van der Waals surface area contributed by atoms with Crippen LogP contribution >= 0.6 is 11.3 Å². The molecule has 7 heteroatoms. The second kappa shape index (κ2) is 6.70. The minimum Gasteiger partial charge on any atom is -0.497 e. The van der Waals surface area contributed by atoms with Gasteiger partial charge in [0, 0.05) is 17.9 Å². The topological polar surface area (TPSA) is 69.0 Å². The number of aryl methyl sites for hydroxylation is 2. The molecule has 3 heterocycles. The number of nitrogens with one attached hydrogen (secondary N) is 1. The first-order valence-electron chi connectivity index (χ1n) is 9.44. The summed E-state index contributed by atoms with van der Waals surface area (Å²) in [5.74, 6) is 1.40. The molecule has 146 valence electrons. The summed E-state index contributed by atoms with van der Waals surface area (Å²) in [6.07, 6.45) is 0.381. The van der Waals surface area contributed by atoms with Crippen LogP contribution in [0.3, 0.4) is 0 Å². The molecule has 1 amide bonds. The average Bonchev–Trinajstić information content (AvgIpc) is 3.28. The molecule has 0 radical (unpaired) electrons. The Kier molecular flexibility index (Phi) is 4.13. The van der Waals surface area contributed by atoms with E-state index in [9.17, 15) is 4.79 Å². The first-order chi connectivity index (χ1) is 14.0. The van der Waals surface area contributed by atoms with Crippen LogP contribution < -0.4 is 10.1 Å². The highest BCUT2D eigenvalue weighted by Crippen LogP contribution is 2.41. The molecule has 1 N–H and O–H groups in total. The molecule has 6 nitrogen and oxygen atoms in total. The number of thiazole rings is 1. The van der Waals surface area contributed by atoms with E-state index >= 15 is 0 Å². The molecule has 0 bridgehead atoms. The van der Waals surface area contributed by atoms with E-state index in [1.54, 1.807) is 23.1 Å². The van der Waals surface area contributed by atoms with Crippen molar-refractivity contribution >= 4 is 33.3 Å². The van der Waals surface area contributed by atoms with Gasteiger partial charge in [0.15, 0.2) is 0 Å². The van der Waals surface area contributed by atoms with Crippen LogP contribution in [0.2, 0.25) is 0 Å². The molecule has 0 spiro atoms. The van der Waals surface area contributed by atoms with Crippen molar-refractivity contribution in [3.63, 3.8) is 0 Å². The monoisotopic (exact) mass is 404 g/mol. The fraction of sp³-hybridized carbons (Fsp3) is 0.227. The Bertz CT molecular complexity index is 1260. The number of methoxy groups -OCH3 is 1. The van der Waals surface area contributed by atoms with E-state index in [2.05, 4.69) is 24.4 Å². The van der Waals surface area contributed by atoms with Gasteiger partial charge in [-0.25, -0.2) is 4.98 Å². The maximum Gasteiger partial charge on any atom is 0.226 e. The molecular weight excluding hydrogens is 384 g/mol. The highest BCUT2D eigenvalue weighted by atomic mass is 32.1. The van der Waals surface area contributed by atoms with E-state index in [1.165, 1.54) is 5.56 Å². The summed E-state index contributed by atoms with van der Waals surface area (Å²) in [5, 5.41) is 8.53. The SMILES string of the molecule is COc1cccc(C2CC(=O)Nc3c2c(C)nn3-c2nc3ccc(C)cc3s2)c1. The number of anilines is 1. The molecule has 29 heavy (non-hydrogen) atoms. The maximum absolute atomic E-state index is 12.6. The van der Waals surface area contributed by atoms with Gasteiger partial charge in [0.1, 0.15) is 11.6 Å². The van der Waals surface area contributed by atoms with Crippen molar-refractivity contribution in [3.8, 4) is 10.9 Å². The molecule has 1 aliphatic heterocycles. The van der Waals surface area contributed by atoms with E-state index < -0.39 is 0 Å². The second-order valence-electron chi connectivity index (χ2n) is 7.31. The predicted molar refractivity (Wildman–Crippen MR) is 114 cm³/mol. The standard InChI is InChI=1S/C22H20N4O2S/c1-12-7-8-17-18(9-12)29-22(23-17)26-21-20(13(2)25-26)16(11-19(27)24-21)14-5-4-6-15(10-14)28-3/h4-10,16H,11H2,1-3H3,(H,24,27). The minimum atomic E-state index is -0.0702. The summed E-state index contributed by atoms with van der Waals surface area (Å²) < 4.78 is 8.26. The Morgan fingerprint density at radius 2 is 2.07 bits per heavy atom. The Balaban J connectivity index is 1.66. The van der Waals surface area contributed by atoms with Gasteiger partial charge >= 0.3 is 0 Å². The number of nitrogens with zero attached hydrogens (tertiary/aromatic N) is 3. The minimum absolute atomic E-state index is 0.0246. The van der Waals surface area contributed by atoms with Gasteiger partial charge in [0.2, 0.25) is 11.0 Å². The van der Waals surface area contributed by atoms with E-state index in [4.69, 9.17) is 14.8 Å². The van der Waals surface area contributed by atoms with Crippen molar-refractivity contribution < 1.29 is 9.53 Å². The third kappa shape index (κ3) is 2.98. The van der Waals surface area contributed by atoms with Crippen LogP contribution in [0.4, 0.5) is 5.82 Å². The third-order valence-corrected chi connectivity index (χ3v) is 6.31. The van der Waals surface area contributed by atoms with Gasteiger partial charge in [0.25, 0.3) is 0 Å². The Hall–Kier alpha value is -3.19. The van der Waals surface area contributed by atoms with Crippen LogP contribution in [0.25, 0.3) is 15.3 Å².